The van der Waals surface area contributed by atoms with Gasteiger partial charge in [0.15, 0.2) is 5.65 Å². The molecule has 0 atom stereocenters. The lowest BCUT2D eigenvalue weighted by atomic mass is 9.96. The van der Waals surface area contributed by atoms with Gasteiger partial charge >= 0.3 is 0 Å². The Bertz CT molecular complexity index is 1200. The van der Waals surface area contributed by atoms with Gasteiger partial charge in [-0.25, -0.2) is 9.50 Å². The maximum atomic E-state index is 13.1. The van der Waals surface area contributed by atoms with E-state index in [-0.39, 0.29) is 11.9 Å². The van der Waals surface area contributed by atoms with E-state index in [9.17, 15) is 18.5 Å². The van der Waals surface area contributed by atoms with E-state index >= 15 is 0 Å². The molecule has 3 heterocycles. The van der Waals surface area contributed by atoms with Crippen LogP contribution < -0.4 is 0 Å². The van der Waals surface area contributed by atoms with Crippen molar-refractivity contribution in [3.8, 4) is 6.07 Å². The van der Waals surface area contributed by atoms with Crippen molar-refractivity contribution in [2.24, 2.45) is 0 Å². The van der Waals surface area contributed by atoms with Crippen LogP contribution in [-0.4, -0.2) is 81.7 Å². The molecule has 0 aromatic carbocycles. The van der Waals surface area contributed by atoms with Crippen molar-refractivity contribution in [2.45, 2.75) is 64.8 Å². The van der Waals surface area contributed by atoms with E-state index in [0.29, 0.717) is 50.2 Å². The quantitative estimate of drug-likeness (QED) is 0.614. The summed E-state index contributed by atoms with van der Waals surface area (Å²) >= 11 is 0. The number of carbonyl (C=O) groups excluding carboxylic acids is 1. The summed E-state index contributed by atoms with van der Waals surface area (Å²) in [7, 11) is -1.82. The van der Waals surface area contributed by atoms with Gasteiger partial charge in [-0.2, -0.15) is 27.4 Å². The summed E-state index contributed by atoms with van der Waals surface area (Å²) in [6.45, 7) is 5.24. The number of aryl methyl sites for hydroxylation is 2. The van der Waals surface area contributed by atoms with Crippen LogP contribution in [0.4, 0.5) is 0 Å². The SMILES string of the molecule is Cc1nc2c(C#N)cnn2c(C)c1CCC(=O)N1CCN(S(=O)(=O)N(C)C2CCCCC2)CC1. The number of nitrogens with zero attached hydrogens (tertiary/aromatic N) is 7. The zero-order chi connectivity index (χ0) is 24.5. The Hall–Kier alpha value is -2.55. The molecule has 0 bridgehead atoms. The maximum Gasteiger partial charge on any atom is 0.282 e. The summed E-state index contributed by atoms with van der Waals surface area (Å²) in [5.74, 6) is 0.00904. The molecule has 34 heavy (non-hydrogen) atoms. The molecular weight excluding hydrogens is 454 g/mol. The van der Waals surface area contributed by atoms with Crippen molar-refractivity contribution >= 4 is 21.8 Å². The lowest BCUT2D eigenvalue weighted by molar-refractivity contribution is -0.132. The molecule has 11 heteroatoms. The normalized spacial score (nSPS) is 18.5. The van der Waals surface area contributed by atoms with E-state index in [1.54, 1.807) is 20.8 Å². The first-order valence-corrected chi connectivity index (χ1v) is 13.4. The van der Waals surface area contributed by atoms with Crippen LogP contribution in [0, 0.1) is 25.2 Å². The predicted octanol–water partition coefficient (Wildman–Crippen LogP) is 1.80. The number of hydrogen-bond acceptors (Lipinski definition) is 6. The number of fused-ring (bicyclic) bond motifs is 1. The average molecular weight is 488 g/mol. The number of nitriles is 1. The summed E-state index contributed by atoms with van der Waals surface area (Å²) in [5.41, 5.74) is 3.57. The Morgan fingerprint density at radius 3 is 2.50 bits per heavy atom. The van der Waals surface area contributed by atoms with Crippen LogP contribution in [0.3, 0.4) is 0 Å². The van der Waals surface area contributed by atoms with Gasteiger partial charge in [-0.3, -0.25) is 4.79 Å². The van der Waals surface area contributed by atoms with Crippen molar-refractivity contribution in [1.29, 1.82) is 5.26 Å². The van der Waals surface area contributed by atoms with Crippen molar-refractivity contribution < 1.29 is 13.2 Å². The topological polar surface area (TPSA) is 115 Å². The number of amides is 1. The first-order chi connectivity index (χ1) is 16.2. The van der Waals surface area contributed by atoms with E-state index < -0.39 is 10.2 Å². The highest BCUT2D eigenvalue weighted by Gasteiger charge is 2.35. The summed E-state index contributed by atoms with van der Waals surface area (Å²) in [4.78, 5) is 19.2. The van der Waals surface area contributed by atoms with E-state index in [1.165, 1.54) is 16.9 Å². The van der Waals surface area contributed by atoms with Gasteiger partial charge in [0, 0.05) is 57.1 Å². The summed E-state index contributed by atoms with van der Waals surface area (Å²) in [5, 5.41) is 13.5. The number of rotatable bonds is 6. The molecule has 2 aromatic rings. The highest BCUT2D eigenvalue weighted by atomic mass is 32.2. The van der Waals surface area contributed by atoms with E-state index in [2.05, 4.69) is 16.2 Å². The smallest absolute Gasteiger partial charge is 0.282 e. The van der Waals surface area contributed by atoms with Crippen molar-refractivity contribution in [1.82, 2.24) is 28.1 Å². The molecule has 2 fully saturated rings. The molecule has 0 N–H and O–H groups in total. The van der Waals surface area contributed by atoms with Crippen LogP contribution in [0.2, 0.25) is 0 Å². The largest absolute Gasteiger partial charge is 0.340 e. The van der Waals surface area contributed by atoms with E-state index in [4.69, 9.17) is 0 Å². The second-order valence-electron chi connectivity index (χ2n) is 9.26. The predicted molar refractivity (Wildman–Crippen MR) is 127 cm³/mol. The molecule has 10 nitrogen and oxygen atoms in total. The second kappa shape index (κ2) is 9.98. The average Bonchev–Trinajstić information content (AvgIpc) is 3.26. The second-order valence-corrected chi connectivity index (χ2v) is 11.3. The van der Waals surface area contributed by atoms with Gasteiger partial charge in [-0.15, -0.1) is 0 Å². The lowest BCUT2D eigenvalue weighted by Gasteiger charge is -2.38. The summed E-state index contributed by atoms with van der Waals surface area (Å²) in [6, 6.07) is 2.18. The molecule has 1 amide bonds. The third kappa shape index (κ3) is 4.67. The Morgan fingerprint density at radius 2 is 1.85 bits per heavy atom. The van der Waals surface area contributed by atoms with E-state index in [0.717, 1.165) is 42.6 Å². The Kier molecular flexibility index (Phi) is 7.21. The minimum atomic E-state index is -3.51. The van der Waals surface area contributed by atoms with Crippen LogP contribution >= 0.6 is 0 Å². The van der Waals surface area contributed by atoms with Gasteiger partial charge in [-0.05, 0) is 38.7 Å². The Labute approximate surface area is 201 Å². The fourth-order valence-corrected chi connectivity index (χ4v) is 6.70. The van der Waals surface area contributed by atoms with Crippen LogP contribution in [0.1, 0.15) is 61.0 Å². The van der Waals surface area contributed by atoms with Gasteiger partial charge in [0.25, 0.3) is 10.2 Å². The molecule has 0 radical (unpaired) electrons. The zero-order valence-electron chi connectivity index (χ0n) is 20.2. The van der Waals surface area contributed by atoms with Gasteiger partial charge in [0.05, 0.1) is 6.20 Å². The van der Waals surface area contributed by atoms with Gasteiger partial charge in [-0.1, -0.05) is 19.3 Å². The lowest BCUT2D eigenvalue weighted by Crippen LogP contribution is -2.55. The minimum Gasteiger partial charge on any atom is -0.340 e. The fraction of sp³-hybridized carbons (Fsp3) is 0.652. The van der Waals surface area contributed by atoms with Crippen molar-refractivity contribution in [3.05, 3.63) is 28.7 Å². The molecule has 1 aliphatic carbocycles. The maximum absolute atomic E-state index is 13.1. The number of carbonyl (C=O) groups is 1. The number of hydrogen-bond donors (Lipinski definition) is 0. The molecule has 0 spiro atoms. The standard InChI is InChI=1S/C23H33N7O3S/c1-17-21(18(2)30-23(26-17)19(15-24)16-25-30)9-10-22(31)28-11-13-29(14-12-28)34(32,33)27(3)20-7-5-4-6-8-20/h16,20H,4-14H2,1-3H3. The highest BCUT2D eigenvalue weighted by molar-refractivity contribution is 7.86. The van der Waals surface area contributed by atoms with Crippen molar-refractivity contribution in [2.75, 3.05) is 33.2 Å². The van der Waals surface area contributed by atoms with Crippen LogP contribution in [0.15, 0.2) is 6.20 Å². The van der Waals surface area contributed by atoms with Gasteiger partial charge in [0.1, 0.15) is 11.6 Å². The first kappa shape index (κ1) is 24.6. The molecule has 1 saturated heterocycles. The summed E-state index contributed by atoms with van der Waals surface area (Å²) < 4.78 is 30.9. The van der Waals surface area contributed by atoms with E-state index in [1.807, 2.05) is 13.8 Å². The molecule has 0 unspecified atom stereocenters. The number of aromatic nitrogens is 3. The highest BCUT2D eigenvalue weighted by Crippen LogP contribution is 2.25. The third-order valence-electron chi connectivity index (χ3n) is 7.29. The molecule has 1 saturated carbocycles. The third-order valence-corrected chi connectivity index (χ3v) is 9.33. The van der Waals surface area contributed by atoms with Crippen LogP contribution in [0.5, 0.6) is 0 Å². The Balaban J connectivity index is 1.35. The fourth-order valence-electron chi connectivity index (χ4n) is 5.13. The molecule has 2 aliphatic rings. The molecule has 4 rings (SSSR count). The zero-order valence-corrected chi connectivity index (χ0v) is 21.0. The van der Waals surface area contributed by atoms with Crippen LogP contribution in [-0.2, 0) is 21.4 Å². The molecular formula is C23H33N7O3S. The molecule has 184 valence electrons. The Morgan fingerprint density at radius 1 is 1.18 bits per heavy atom. The van der Waals surface area contributed by atoms with Gasteiger partial charge < -0.3 is 4.90 Å². The first-order valence-electron chi connectivity index (χ1n) is 12.0. The van der Waals surface area contributed by atoms with Crippen LogP contribution in [0.25, 0.3) is 5.65 Å². The molecule has 2 aromatic heterocycles. The minimum absolute atomic E-state index is 0.00904. The number of piperazine rings is 1. The van der Waals surface area contributed by atoms with Crippen molar-refractivity contribution in [3.63, 3.8) is 0 Å². The van der Waals surface area contributed by atoms with Gasteiger partial charge in [0.2, 0.25) is 5.91 Å². The molecule has 1 aliphatic heterocycles. The summed E-state index contributed by atoms with van der Waals surface area (Å²) in [6.07, 6.45) is 7.51. The monoisotopic (exact) mass is 487 g/mol.